The summed E-state index contributed by atoms with van der Waals surface area (Å²) < 4.78 is 0. The molecule has 1 aromatic rings. The van der Waals surface area contributed by atoms with Crippen LogP contribution in [0.5, 0.6) is 0 Å². The van der Waals surface area contributed by atoms with Crippen molar-refractivity contribution in [3.8, 4) is 0 Å². The first-order valence-electron chi connectivity index (χ1n) is 5.56. The highest BCUT2D eigenvalue weighted by Gasteiger charge is 2.13. The largest absolute Gasteiger partial charge is 0.299 e. The van der Waals surface area contributed by atoms with E-state index >= 15 is 0 Å². The van der Waals surface area contributed by atoms with E-state index in [9.17, 15) is 4.79 Å². The zero-order valence-electron chi connectivity index (χ0n) is 9.56. The van der Waals surface area contributed by atoms with Crippen LogP contribution in [0.15, 0.2) is 55.6 Å². The highest BCUT2D eigenvalue weighted by atomic mass is 16.1. The Labute approximate surface area is 97.5 Å². The second-order valence-corrected chi connectivity index (χ2v) is 3.87. The average Bonchev–Trinajstić information content (AvgIpc) is 2.30. The van der Waals surface area contributed by atoms with E-state index in [1.165, 1.54) is 5.56 Å². The fourth-order valence-corrected chi connectivity index (χ4v) is 1.78. The molecule has 0 bridgehead atoms. The summed E-state index contributed by atoms with van der Waals surface area (Å²) in [5.74, 6) is 0.497. The molecule has 0 amide bonds. The molecule has 0 N–H and O–H groups in total. The molecule has 0 heterocycles. The maximum absolute atomic E-state index is 11.6. The van der Waals surface area contributed by atoms with E-state index in [1.807, 2.05) is 24.3 Å². The fourth-order valence-electron chi connectivity index (χ4n) is 1.78. The van der Waals surface area contributed by atoms with Gasteiger partial charge in [-0.1, -0.05) is 42.5 Å². The first kappa shape index (κ1) is 12.4. The number of benzene rings is 1. The average molecular weight is 214 g/mol. The molecule has 0 saturated carbocycles. The molecule has 0 radical (unpaired) electrons. The number of hydrogen-bond acceptors (Lipinski definition) is 1. The molecule has 16 heavy (non-hydrogen) atoms. The third-order valence-corrected chi connectivity index (χ3v) is 2.57. The minimum Gasteiger partial charge on any atom is -0.299 e. The summed E-state index contributed by atoms with van der Waals surface area (Å²) in [6.45, 7) is 7.33. The molecule has 0 saturated heterocycles. The van der Waals surface area contributed by atoms with Crippen molar-refractivity contribution in [1.29, 1.82) is 0 Å². The van der Waals surface area contributed by atoms with Crippen molar-refractivity contribution in [3.63, 3.8) is 0 Å². The minimum absolute atomic E-state index is 0.241. The predicted octanol–water partition coefficient (Wildman–Crippen LogP) is 3.88. The van der Waals surface area contributed by atoms with E-state index < -0.39 is 0 Å². The van der Waals surface area contributed by atoms with Crippen LogP contribution >= 0.6 is 0 Å². The summed E-state index contributed by atoms with van der Waals surface area (Å²) in [6, 6.07) is 10.1. The van der Waals surface area contributed by atoms with Crippen LogP contribution in [-0.4, -0.2) is 5.78 Å². The van der Waals surface area contributed by atoms with Crippen molar-refractivity contribution in [2.45, 2.75) is 25.2 Å². The van der Waals surface area contributed by atoms with Crippen LogP contribution in [0.25, 0.3) is 0 Å². The van der Waals surface area contributed by atoms with Crippen LogP contribution in [0, 0.1) is 0 Å². The highest BCUT2D eigenvalue weighted by molar-refractivity contribution is 5.80. The SMILES string of the molecule is C=CCC(=O)C[C@H](CC=C)c1ccccc1. The van der Waals surface area contributed by atoms with Crippen LogP contribution in [0.4, 0.5) is 0 Å². The van der Waals surface area contributed by atoms with Gasteiger partial charge in [0, 0.05) is 12.8 Å². The molecular weight excluding hydrogens is 196 g/mol. The van der Waals surface area contributed by atoms with Crippen LogP contribution < -0.4 is 0 Å². The first-order chi connectivity index (χ1) is 7.77. The third-order valence-electron chi connectivity index (χ3n) is 2.57. The Bertz CT molecular complexity index is 351. The molecule has 0 unspecified atom stereocenters. The van der Waals surface area contributed by atoms with Crippen LogP contribution in [0.3, 0.4) is 0 Å². The van der Waals surface area contributed by atoms with Gasteiger partial charge in [-0.2, -0.15) is 0 Å². The quantitative estimate of drug-likeness (QED) is 0.629. The Kier molecular flexibility index (Phi) is 5.27. The van der Waals surface area contributed by atoms with Crippen molar-refractivity contribution < 1.29 is 4.79 Å². The summed E-state index contributed by atoms with van der Waals surface area (Å²) >= 11 is 0. The van der Waals surface area contributed by atoms with Crippen molar-refractivity contribution in [1.82, 2.24) is 0 Å². The lowest BCUT2D eigenvalue weighted by Crippen LogP contribution is -2.05. The summed E-state index contributed by atoms with van der Waals surface area (Å²) in [5.41, 5.74) is 1.21. The van der Waals surface area contributed by atoms with Crippen molar-refractivity contribution in [3.05, 3.63) is 61.2 Å². The van der Waals surface area contributed by atoms with Gasteiger partial charge in [-0.05, 0) is 17.9 Å². The highest BCUT2D eigenvalue weighted by Crippen LogP contribution is 2.24. The van der Waals surface area contributed by atoms with Gasteiger partial charge in [0.2, 0.25) is 0 Å². The van der Waals surface area contributed by atoms with Gasteiger partial charge < -0.3 is 0 Å². The summed E-state index contributed by atoms with van der Waals surface area (Å²) in [4.78, 5) is 11.6. The van der Waals surface area contributed by atoms with E-state index in [0.717, 1.165) is 6.42 Å². The summed E-state index contributed by atoms with van der Waals surface area (Å²) in [6.07, 6.45) is 5.41. The molecule has 0 spiro atoms. The van der Waals surface area contributed by atoms with Crippen LogP contribution in [0.1, 0.15) is 30.7 Å². The van der Waals surface area contributed by atoms with E-state index in [2.05, 4.69) is 25.3 Å². The molecular formula is C15H18O. The smallest absolute Gasteiger partial charge is 0.137 e. The molecule has 0 aliphatic heterocycles. The molecule has 0 fully saturated rings. The van der Waals surface area contributed by atoms with Crippen LogP contribution in [-0.2, 0) is 4.79 Å². The molecule has 0 aliphatic rings. The number of carbonyl (C=O) groups excluding carboxylic acids is 1. The summed E-state index contributed by atoms with van der Waals surface area (Å²) in [7, 11) is 0. The lowest BCUT2D eigenvalue weighted by Gasteiger charge is -2.14. The summed E-state index contributed by atoms with van der Waals surface area (Å²) in [5, 5.41) is 0. The van der Waals surface area contributed by atoms with E-state index in [-0.39, 0.29) is 11.7 Å². The van der Waals surface area contributed by atoms with Gasteiger partial charge in [-0.3, -0.25) is 4.79 Å². The third kappa shape index (κ3) is 3.85. The Morgan fingerprint density at radius 1 is 1.19 bits per heavy atom. The standard InChI is InChI=1S/C15H18O/c1-3-8-14(12-15(16)9-4-2)13-10-6-5-7-11-13/h3-7,10-11,14H,1-2,8-9,12H2/t14-/m0/s1. The van der Waals surface area contributed by atoms with E-state index in [1.54, 1.807) is 6.08 Å². The monoisotopic (exact) mass is 214 g/mol. The predicted molar refractivity (Wildman–Crippen MR) is 68.4 cm³/mol. The second kappa shape index (κ2) is 6.78. The zero-order chi connectivity index (χ0) is 11.8. The fraction of sp³-hybridized carbons (Fsp3) is 0.267. The van der Waals surface area contributed by atoms with Crippen LogP contribution in [0.2, 0.25) is 0 Å². The van der Waals surface area contributed by atoms with Gasteiger partial charge in [0.15, 0.2) is 0 Å². The molecule has 1 nitrogen and oxygen atoms in total. The van der Waals surface area contributed by atoms with E-state index in [0.29, 0.717) is 12.8 Å². The van der Waals surface area contributed by atoms with Gasteiger partial charge in [0.05, 0.1) is 0 Å². The molecule has 0 aliphatic carbocycles. The Morgan fingerprint density at radius 3 is 2.44 bits per heavy atom. The van der Waals surface area contributed by atoms with Crippen molar-refractivity contribution in [2.24, 2.45) is 0 Å². The lowest BCUT2D eigenvalue weighted by atomic mass is 9.90. The number of Topliss-reactive ketones (excluding diaryl/α,β-unsaturated/α-hetero) is 1. The Balaban J connectivity index is 2.71. The normalized spacial score (nSPS) is 11.8. The van der Waals surface area contributed by atoms with Gasteiger partial charge in [0.1, 0.15) is 5.78 Å². The second-order valence-electron chi connectivity index (χ2n) is 3.87. The number of carbonyl (C=O) groups is 1. The molecule has 0 aromatic heterocycles. The van der Waals surface area contributed by atoms with Gasteiger partial charge in [-0.15, -0.1) is 13.2 Å². The molecule has 84 valence electrons. The van der Waals surface area contributed by atoms with Gasteiger partial charge >= 0.3 is 0 Å². The first-order valence-corrected chi connectivity index (χ1v) is 5.56. The number of ketones is 1. The molecule has 1 heteroatoms. The zero-order valence-corrected chi connectivity index (χ0v) is 9.56. The van der Waals surface area contributed by atoms with Crippen molar-refractivity contribution in [2.75, 3.05) is 0 Å². The Morgan fingerprint density at radius 2 is 1.88 bits per heavy atom. The maximum Gasteiger partial charge on any atom is 0.137 e. The van der Waals surface area contributed by atoms with E-state index in [4.69, 9.17) is 0 Å². The van der Waals surface area contributed by atoms with Gasteiger partial charge in [0.25, 0.3) is 0 Å². The van der Waals surface area contributed by atoms with Crippen molar-refractivity contribution >= 4 is 5.78 Å². The lowest BCUT2D eigenvalue weighted by molar-refractivity contribution is -0.118. The molecule has 1 aromatic carbocycles. The maximum atomic E-state index is 11.6. The van der Waals surface area contributed by atoms with Gasteiger partial charge in [-0.25, -0.2) is 0 Å². The topological polar surface area (TPSA) is 17.1 Å². The molecule has 1 atom stereocenters. The molecule has 1 rings (SSSR count). The number of hydrogen-bond donors (Lipinski definition) is 0. The number of rotatable bonds is 7. The number of allylic oxidation sites excluding steroid dienone is 2. The minimum atomic E-state index is 0.241. The Hall–Kier alpha value is -1.63.